The van der Waals surface area contributed by atoms with Crippen molar-refractivity contribution in [3.05, 3.63) is 34.7 Å². The molecule has 86 valence electrons. The molecule has 0 saturated carbocycles. The number of hydrogen-bond donors (Lipinski definition) is 2. The van der Waals surface area contributed by atoms with Crippen molar-refractivity contribution in [2.75, 3.05) is 17.7 Å². The Morgan fingerprint density at radius 3 is 2.76 bits per heavy atom. The highest BCUT2D eigenvalue weighted by Crippen LogP contribution is 2.29. The second-order valence-corrected chi connectivity index (χ2v) is 4.50. The first-order chi connectivity index (χ1) is 8.24. The quantitative estimate of drug-likeness (QED) is 0.871. The molecule has 0 saturated heterocycles. The van der Waals surface area contributed by atoms with Gasteiger partial charge in [-0.05, 0) is 18.6 Å². The molecule has 0 bridgehead atoms. The summed E-state index contributed by atoms with van der Waals surface area (Å²) in [5, 5.41) is 15.9. The van der Waals surface area contributed by atoms with Crippen LogP contribution in [0, 0.1) is 18.3 Å². The molecular weight excluding hydrogens is 232 g/mol. The zero-order chi connectivity index (χ0) is 12.3. The predicted molar refractivity (Wildman–Crippen MR) is 70.8 cm³/mol. The smallest absolute Gasteiger partial charge is 0.185 e. The molecule has 0 spiro atoms. The molecule has 2 aromatic rings. The Bertz CT molecular complexity index is 568. The highest BCUT2D eigenvalue weighted by atomic mass is 32.1. The molecule has 2 N–H and O–H groups in total. The number of rotatable bonds is 3. The molecule has 1 heterocycles. The van der Waals surface area contributed by atoms with E-state index in [9.17, 15) is 0 Å². The topological polar surface area (TPSA) is 60.7 Å². The fourth-order valence-corrected chi connectivity index (χ4v) is 2.10. The summed E-state index contributed by atoms with van der Waals surface area (Å²) in [6, 6.07) is 10.1. The van der Waals surface area contributed by atoms with Gasteiger partial charge in [0.05, 0.1) is 0 Å². The minimum Gasteiger partial charge on any atom is -0.364 e. The Labute approximate surface area is 104 Å². The van der Waals surface area contributed by atoms with Crippen molar-refractivity contribution in [2.45, 2.75) is 6.92 Å². The van der Waals surface area contributed by atoms with Gasteiger partial charge in [0.2, 0.25) is 0 Å². The predicted octanol–water partition coefficient (Wildman–Crippen LogP) is 3.11. The van der Waals surface area contributed by atoms with Crippen molar-refractivity contribution < 1.29 is 0 Å². The van der Waals surface area contributed by atoms with Gasteiger partial charge in [-0.3, -0.25) is 0 Å². The van der Waals surface area contributed by atoms with Gasteiger partial charge >= 0.3 is 0 Å². The molecule has 17 heavy (non-hydrogen) atoms. The third kappa shape index (κ3) is 2.37. The molecular formula is C12H12N4S. The fraction of sp³-hybridized carbons (Fsp3) is 0.167. The number of hydrogen-bond acceptors (Lipinski definition) is 5. The highest BCUT2D eigenvalue weighted by molar-refractivity contribution is 7.16. The molecule has 0 aliphatic rings. The van der Waals surface area contributed by atoms with Crippen molar-refractivity contribution >= 4 is 28.0 Å². The van der Waals surface area contributed by atoms with Crippen molar-refractivity contribution in [1.29, 1.82) is 5.26 Å². The van der Waals surface area contributed by atoms with Crippen molar-refractivity contribution in [2.24, 2.45) is 0 Å². The van der Waals surface area contributed by atoms with E-state index in [1.807, 2.05) is 31.2 Å². The SMILES string of the molecule is CNc1nc(Nc2ccccc2C)c(C#N)s1. The van der Waals surface area contributed by atoms with Crippen LogP contribution in [0.2, 0.25) is 0 Å². The highest BCUT2D eigenvalue weighted by Gasteiger charge is 2.10. The van der Waals surface area contributed by atoms with Crippen LogP contribution in [0.4, 0.5) is 16.6 Å². The second-order valence-electron chi connectivity index (χ2n) is 3.50. The fourth-order valence-electron chi connectivity index (χ4n) is 1.43. The zero-order valence-corrected chi connectivity index (χ0v) is 10.4. The maximum atomic E-state index is 9.03. The number of nitrogens with one attached hydrogen (secondary N) is 2. The summed E-state index contributed by atoms with van der Waals surface area (Å²) in [6.45, 7) is 2.01. The van der Waals surface area contributed by atoms with E-state index in [1.54, 1.807) is 7.05 Å². The van der Waals surface area contributed by atoms with Crippen LogP contribution in [-0.2, 0) is 0 Å². The minimum absolute atomic E-state index is 0.581. The largest absolute Gasteiger partial charge is 0.364 e. The van der Waals surface area contributed by atoms with Gasteiger partial charge in [0, 0.05) is 12.7 Å². The van der Waals surface area contributed by atoms with Crippen LogP contribution in [0.1, 0.15) is 10.4 Å². The molecule has 0 fully saturated rings. The minimum atomic E-state index is 0.581. The molecule has 2 rings (SSSR count). The zero-order valence-electron chi connectivity index (χ0n) is 9.61. The molecule has 5 heteroatoms. The molecule has 1 aromatic carbocycles. The molecule has 0 atom stereocenters. The monoisotopic (exact) mass is 244 g/mol. The lowest BCUT2D eigenvalue weighted by Crippen LogP contribution is -1.95. The van der Waals surface area contributed by atoms with E-state index < -0.39 is 0 Å². The van der Waals surface area contributed by atoms with E-state index in [2.05, 4.69) is 21.7 Å². The maximum absolute atomic E-state index is 9.03. The van der Waals surface area contributed by atoms with Crippen molar-refractivity contribution in [1.82, 2.24) is 4.98 Å². The van der Waals surface area contributed by atoms with E-state index in [-0.39, 0.29) is 0 Å². The lowest BCUT2D eigenvalue weighted by Gasteiger charge is -2.06. The van der Waals surface area contributed by atoms with Gasteiger partial charge in [-0.25, -0.2) is 4.98 Å². The first-order valence-electron chi connectivity index (χ1n) is 5.16. The van der Waals surface area contributed by atoms with Crippen molar-refractivity contribution in [3.63, 3.8) is 0 Å². The molecule has 1 aromatic heterocycles. The number of nitrogens with zero attached hydrogens (tertiary/aromatic N) is 2. The van der Waals surface area contributed by atoms with Gasteiger partial charge in [0.1, 0.15) is 6.07 Å². The Balaban J connectivity index is 2.33. The van der Waals surface area contributed by atoms with Crippen LogP contribution in [0.5, 0.6) is 0 Å². The van der Waals surface area contributed by atoms with Crippen LogP contribution < -0.4 is 10.6 Å². The molecule has 0 aliphatic carbocycles. The normalized spacial score (nSPS) is 9.71. The van der Waals surface area contributed by atoms with Gasteiger partial charge in [-0.2, -0.15) is 5.26 Å². The summed E-state index contributed by atoms with van der Waals surface area (Å²) in [4.78, 5) is 4.89. The third-order valence-corrected chi connectivity index (χ3v) is 3.32. The number of aryl methyl sites for hydroxylation is 1. The first-order valence-corrected chi connectivity index (χ1v) is 5.97. The van der Waals surface area contributed by atoms with Gasteiger partial charge in [0.25, 0.3) is 0 Å². The lowest BCUT2D eigenvalue weighted by molar-refractivity contribution is 1.32. The van der Waals surface area contributed by atoms with Crippen LogP contribution in [-0.4, -0.2) is 12.0 Å². The van der Waals surface area contributed by atoms with Crippen LogP contribution in [0.3, 0.4) is 0 Å². The molecule has 4 nitrogen and oxygen atoms in total. The second kappa shape index (κ2) is 4.85. The van der Waals surface area contributed by atoms with Gasteiger partial charge < -0.3 is 10.6 Å². The molecule has 0 amide bonds. The van der Waals surface area contributed by atoms with Crippen LogP contribution >= 0.6 is 11.3 Å². The molecule has 0 unspecified atom stereocenters. The Morgan fingerprint density at radius 1 is 1.35 bits per heavy atom. The summed E-state index contributed by atoms with van der Waals surface area (Å²) >= 11 is 1.34. The van der Waals surface area contributed by atoms with Crippen LogP contribution in [0.15, 0.2) is 24.3 Å². The summed E-state index contributed by atoms with van der Waals surface area (Å²) in [6.07, 6.45) is 0. The summed E-state index contributed by atoms with van der Waals surface area (Å²) in [7, 11) is 1.79. The summed E-state index contributed by atoms with van der Waals surface area (Å²) in [5.74, 6) is 0.608. The van der Waals surface area contributed by atoms with Gasteiger partial charge in [-0.1, -0.05) is 29.5 Å². The van der Waals surface area contributed by atoms with Crippen LogP contribution in [0.25, 0.3) is 0 Å². The standard InChI is InChI=1S/C12H12N4S/c1-8-5-3-4-6-9(8)15-11-10(7-13)17-12(14-2)16-11/h3-6,15H,1-2H3,(H,14,16). The average Bonchev–Trinajstić information content (AvgIpc) is 2.74. The number of aromatic nitrogens is 1. The lowest BCUT2D eigenvalue weighted by atomic mass is 10.2. The van der Waals surface area contributed by atoms with E-state index in [0.29, 0.717) is 10.7 Å². The average molecular weight is 244 g/mol. The number of thiazole rings is 1. The number of nitriles is 1. The van der Waals surface area contributed by atoms with E-state index in [0.717, 1.165) is 16.4 Å². The van der Waals surface area contributed by atoms with E-state index >= 15 is 0 Å². The summed E-state index contributed by atoms with van der Waals surface area (Å²) in [5.41, 5.74) is 2.09. The Kier molecular flexibility index (Phi) is 3.26. The molecule has 0 radical (unpaired) electrons. The van der Waals surface area contributed by atoms with Gasteiger partial charge in [-0.15, -0.1) is 0 Å². The number of anilines is 3. The third-order valence-electron chi connectivity index (χ3n) is 2.34. The number of para-hydroxylation sites is 1. The van der Waals surface area contributed by atoms with Crippen molar-refractivity contribution in [3.8, 4) is 6.07 Å². The Hall–Kier alpha value is -2.06. The Morgan fingerprint density at radius 2 is 2.12 bits per heavy atom. The maximum Gasteiger partial charge on any atom is 0.185 e. The van der Waals surface area contributed by atoms with E-state index in [4.69, 9.17) is 5.26 Å². The first kappa shape index (κ1) is 11.4. The van der Waals surface area contributed by atoms with E-state index in [1.165, 1.54) is 11.3 Å². The number of benzene rings is 1. The van der Waals surface area contributed by atoms with Gasteiger partial charge in [0.15, 0.2) is 15.8 Å². The summed E-state index contributed by atoms with van der Waals surface area (Å²) < 4.78 is 0. The molecule has 0 aliphatic heterocycles.